The minimum absolute atomic E-state index is 0.363. The van der Waals surface area contributed by atoms with Gasteiger partial charge in [0.1, 0.15) is 0 Å². The Morgan fingerprint density at radius 1 is 1.27 bits per heavy atom. The van der Waals surface area contributed by atoms with Crippen LogP contribution < -0.4 is 0 Å². The van der Waals surface area contributed by atoms with Gasteiger partial charge in [0.15, 0.2) is 0 Å². The van der Waals surface area contributed by atoms with Gasteiger partial charge in [-0.3, -0.25) is 4.68 Å². The highest BCUT2D eigenvalue weighted by Gasteiger charge is 2.17. The van der Waals surface area contributed by atoms with Crippen molar-refractivity contribution >= 4 is 23.8 Å². The highest BCUT2D eigenvalue weighted by molar-refractivity contribution is 7.98. The Kier molecular flexibility index (Phi) is 6.56. The van der Waals surface area contributed by atoms with Crippen molar-refractivity contribution in [2.45, 2.75) is 43.5 Å². The SMILES string of the molecule is COC(=O)/C=C/c1cc(-c2ccc(SC)cc2)n(CC2CCCCC2)n1. The van der Waals surface area contributed by atoms with E-state index in [0.29, 0.717) is 5.92 Å². The molecule has 0 aliphatic heterocycles. The van der Waals surface area contributed by atoms with Crippen LogP contribution in [-0.4, -0.2) is 29.1 Å². The summed E-state index contributed by atoms with van der Waals surface area (Å²) >= 11 is 1.74. The molecule has 138 valence electrons. The summed E-state index contributed by atoms with van der Waals surface area (Å²) in [7, 11) is 1.38. The highest BCUT2D eigenvalue weighted by Crippen LogP contribution is 2.29. The third-order valence-corrected chi connectivity index (χ3v) is 5.68. The molecule has 0 spiro atoms. The van der Waals surface area contributed by atoms with E-state index in [1.807, 2.05) is 0 Å². The van der Waals surface area contributed by atoms with Crippen molar-refractivity contribution in [3.8, 4) is 11.3 Å². The van der Waals surface area contributed by atoms with Crippen LogP contribution >= 0.6 is 11.8 Å². The second kappa shape index (κ2) is 9.08. The van der Waals surface area contributed by atoms with E-state index >= 15 is 0 Å². The molecule has 1 fully saturated rings. The Hall–Kier alpha value is -2.01. The number of aromatic nitrogens is 2. The molecule has 1 aliphatic rings. The number of carbonyl (C=O) groups excluding carboxylic acids is 1. The molecule has 1 saturated carbocycles. The first-order chi connectivity index (χ1) is 12.7. The lowest BCUT2D eigenvalue weighted by molar-refractivity contribution is -0.134. The van der Waals surface area contributed by atoms with Gasteiger partial charge in [-0.1, -0.05) is 31.4 Å². The van der Waals surface area contributed by atoms with Gasteiger partial charge < -0.3 is 4.74 Å². The second-order valence-corrected chi connectivity index (χ2v) is 7.61. The van der Waals surface area contributed by atoms with Crippen molar-refractivity contribution in [2.24, 2.45) is 5.92 Å². The number of hydrogen-bond donors (Lipinski definition) is 0. The molecule has 5 heteroatoms. The van der Waals surface area contributed by atoms with Crippen LogP contribution in [0.25, 0.3) is 17.3 Å². The predicted molar refractivity (Wildman–Crippen MR) is 107 cm³/mol. The van der Waals surface area contributed by atoms with Crippen LogP contribution in [0.4, 0.5) is 0 Å². The standard InChI is InChI=1S/C21H26N2O2S/c1-25-21(24)13-10-18-14-20(17-8-11-19(26-2)12-9-17)23(22-18)15-16-6-4-3-5-7-16/h8-14,16H,3-7,15H2,1-2H3/b13-10+. The molecule has 0 radical (unpaired) electrons. The van der Waals surface area contributed by atoms with Gasteiger partial charge in [-0.2, -0.15) is 5.10 Å². The van der Waals surface area contributed by atoms with Crippen LogP contribution in [0.1, 0.15) is 37.8 Å². The zero-order valence-electron chi connectivity index (χ0n) is 15.5. The highest BCUT2D eigenvalue weighted by atomic mass is 32.2. The number of benzene rings is 1. The molecule has 0 amide bonds. The summed E-state index contributed by atoms with van der Waals surface area (Å²) in [5, 5.41) is 4.75. The molecule has 1 aromatic carbocycles. The average molecular weight is 371 g/mol. The van der Waals surface area contributed by atoms with Crippen molar-refractivity contribution in [3.63, 3.8) is 0 Å². The molecule has 0 bridgehead atoms. The molecule has 26 heavy (non-hydrogen) atoms. The third kappa shape index (κ3) is 4.79. The van der Waals surface area contributed by atoms with Crippen LogP contribution in [0.2, 0.25) is 0 Å². The molecule has 1 aliphatic carbocycles. The molecular formula is C21H26N2O2S. The van der Waals surface area contributed by atoms with Crippen molar-refractivity contribution < 1.29 is 9.53 Å². The van der Waals surface area contributed by atoms with E-state index in [9.17, 15) is 4.79 Å². The summed E-state index contributed by atoms with van der Waals surface area (Å²) < 4.78 is 6.79. The average Bonchev–Trinajstić information content (AvgIpc) is 3.09. The van der Waals surface area contributed by atoms with E-state index in [4.69, 9.17) is 5.10 Å². The first kappa shape index (κ1) is 18.8. The van der Waals surface area contributed by atoms with Crippen molar-refractivity contribution in [1.82, 2.24) is 9.78 Å². The van der Waals surface area contributed by atoms with Crippen LogP contribution in [-0.2, 0) is 16.1 Å². The maximum atomic E-state index is 11.4. The predicted octanol–water partition coefficient (Wildman–Crippen LogP) is 5.04. The Morgan fingerprint density at radius 2 is 2.00 bits per heavy atom. The lowest BCUT2D eigenvalue weighted by Gasteiger charge is -2.22. The lowest BCUT2D eigenvalue weighted by Crippen LogP contribution is -2.15. The molecule has 0 unspecified atom stereocenters. The summed E-state index contributed by atoms with van der Waals surface area (Å²) in [4.78, 5) is 12.6. The van der Waals surface area contributed by atoms with Crippen LogP contribution in [0, 0.1) is 5.92 Å². The number of rotatable bonds is 6. The second-order valence-electron chi connectivity index (χ2n) is 6.73. The van der Waals surface area contributed by atoms with Gasteiger partial charge in [-0.15, -0.1) is 11.8 Å². The maximum absolute atomic E-state index is 11.4. The number of nitrogens with zero attached hydrogens (tertiary/aromatic N) is 2. The van der Waals surface area contributed by atoms with E-state index < -0.39 is 0 Å². The number of carbonyl (C=O) groups is 1. The van der Waals surface area contributed by atoms with Crippen molar-refractivity contribution in [2.75, 3.05) is 13.4 Å². The topological polar surface area (TPSA) is 44.1 Å². The Balaban J connectivity index is 1.89. The number of hydrogen-bond acceptors (Lipinski definition) is 4. The lowest BCUT2D eigenvalue weighted by atomic mass is 9.89. The molecule has 3 rings (SSSR count). The van der Waals surface area contributed by atoms with Gasteiger partial charge in [0.05, 0.1) is 18.5 Å². The van der Waals surface area contributed by atoms with Gasteiger partial charge >= 0.3 is 5.97 Å². The van der Waals surface area contributed by atoms with Gasteiger partial charge in [0, 0.05) is 17.5 Å². The first-order valence-electron chi connectivity index (χ1n) is 9.18. The van der Waals surface area contributed by atoms with Gasteiger partial charge in [0.2, 0.25) is 0 Å². The molecule has 1 aromatic heterocycles. The zero-order chi connectivity index (χ0) is 18.4. The minimum atomic E-state index is -0.363. The molecule has 2 aromatic rings. The number of esters is 1. The van der Waals surface area contributed by atoms with Crippen LogP contribution in [0.15, 0.2) is 41.3 Å². The Bertz CT molecular complexity index is 759. The normalized spacial score (nSPS) is 15.5. The van der Waals surface area contributed by atoms with Crippen molar-refractivity contribution in [1.29, 1.82) is 0 Å². The van der Waals surface area contributed by atoms with Crippen LogP contribution in [0.5, 0.6) is 0 Å². The first-order valence-corrected chi connectivity index (χ1v) is 10.4. The zero-order valence-corrected chi connectivity index (χ0v) is 16.3. The summed E-state index contributed by atoms with van der Waals surface area (Å²) in [5.74, 6) is 0.322. The van der Waals surface area contributed by atoms with Gasteiger partial charge in [-0.25, -0.2) is 4.79 Å². The molecule has 4 nitrogen and oxygen atoms in total. The molecule has 0 N–H and O–H groups in total. The molecule has 1 heterocycles. The fourth-order valence-corrected chi connectivity index (χ4v) is 3.90. The van der Waals surface area contributed by atoms with E-state index in [-0.39, 0.29) is 5.97 Å². The quantitative estimate of drug-likeness (QED) is 0.406. The Labute approximate surface area is 159 Å². The molecule has 0 atom stereocenters. The number of methoxy groups -OCH3 is 1. The fourth-order valence-electron chi connectivity index (χ4n) is 3.49. The summed E-state index contributed by atoms with van der Waals surface area (Å²) in [6.07, 6.45) is 11.8. The monoisotopic (exact) mass is 370 g/mol. The molecule has 0 saturated heterocycles. The number of thioether (sulfide) groups is 1. The van der Waals surface area contributed by atoms with Gasteiger partial charge in [-0.05, 0) is 54.9 Å². The molecular weight excluding hydrogens is 344 g/mol. The fraction of sp³-hybridized carbons (Fsp3) is 0.429. The summed E-state index contributed by atoms with van der Waals surface area (Å²) in [6, 6.07) is 10.6. The maximum Gasteiger partial charge on any atom is 0.330 e. The van der Waals surface area contributed by atoms with E-state index in [0.717, 1.165) is 23.5 Å². The van der Waals surface area contributed by atoms with E-state index in [1.165, 1.54) is 50.2 Å². The largest absolute Gasteiger partial charge is 0.466 e. The van der Waals surface area contributed by atoms with E-state index in [1.54, 1.807) is 17.8 Å². The summed E-state index contributed by atoms with van der Waals surface area (Å²) in [5.41, 5.74) is 3.05. The van der Waals surface area contributed by atoms with Gasteiger partial charge in [0.25, 0.3) is 0 Å². The van der Waals surface area contributed by atoms with E-state index in [2.05, 4.69) is 46.0 Å². The third-order valence-electron chi connectivity index (χ3n) is 4.93. The summed E-state index contributed by atoms with van der Waals surface area (Å²) in [6.45, 7) is 0.936. The Morgan fingerprint density at radius 3 is 2.65 bits per heavy atom. The number of ether oxygens (including phenoxy) is 1. The smallest absolute Gasteiger partial charge is 0.330 e. The minimum Gasteiger partial charge on any atom is -0.466 e. The van der Waals surface area contributed by atoms with Crippen LogP contribution in [0.3, 0.4) is 0 Å². The van der Waals surface area contributed by atoms with Crippen molar-refractivity contribution in [3.05, 3.63) is 42.1 Å².